The first-order chi connectivity index (χ1) is 26.4. The van der Waals surface area contributed by atoms with E-state index in [0.29, 0.717) is 55.8 Å². The molecule has 0 saturated carbocycles. The lowest BCUT2D eigenvalue weighted by Crippen LogP contribution is -2.25. The second kappa shape index (κ2) is 13.9. The molecule has 0 radical (unpaired) electrons. The summed E-state index contributed by atoms with van der Waals surface area (Å²) in [4.78, 5) is 10.9. The lowest BCUT2D eigenvalue weighted by molar-refractivity contribution is 1.18. The van der Waals surface area contributed by atoms with Crippen molar-refractivity contribution in [1.29, 1.82) is 26.3 Å². The minimum atomic E-state index is -0.0969. The third-order valence-electron chi connectivity index (χ3n) is 9.72. The molecule has 0 heterocycles. The van der Waals surface area contributed by atoms with E-state index < -0.39 is 0 Å². The van der Waals surface area contributed by atoms with E-state index >= 15 is 0 Å². The molecule has 0 fully saturated rings. The SMILES string of the molecule is [C-]#[N+]C([N+]#[C-])=C1Cc2c(-c3ccc(C#N)cc3)c3c(c(-c4ccc(C#N)cc4)c2=C1c1ccc([N+]#[C-])cc1)CC(=C(C#N)C#N)C=3c1ccc(C#N)cc1. The van der Waals surface area contributed by atoms with E-state index in [9.17, 15) is 26.3 Å². The van der Waals surface area contributed by atoms with Gasteiger partial charge in [-0.3, -0.25) is 0 Å². The number of nitriles is 5. The third kappa shape index (κ3) is 5.43. The van der Waals surface area contributed by atoms with Crippen molar-refractivity contribution in [2.45, 2.75) is 12.8 Å². The van der Waals surface area contributed by atoms with Gasteiger partial charge in [0.15, 0.2) is 5.69 Å². The van der Waals surface area contributed by atoms with Crippen molar-refractivity contribution in [1.82, 2.24) is 0 Å². The average Bonchev–Trinajstić information content (AvgIpc) is 3.80. The lowest BCUT2D eigenvalue weighted by Gasteiger charge is -2.17. The van der Waals surface area contributed by atoms with Gasteiger partial charge in [-0.2, -0.15) is 36.0 Å². The predicted octanol–water partition coefficient (Wildman–Crippen LogP) is 8.09. The summed E-state index contributed by atoms with van der Waals surface area (Å²) in [5.74, 6) is -0.0969. The van der Waals surface area contributed by atoms with E-state index in [1.807, 2.05) is 36.4 Å². The Hall–Kier alpha value is -8.76. The van der Waals surface area contributed by atoms with Crippen LogP contribution in [0, 0.1) is 76.4 Å². The quantitative estimate of drug-likeness (QED) is 0.139. The molecule has 7 rings (SSSR count). The van der Waals surface area contributed by atoms with Crippen molar-refractivity contribution in [3.05, 3.63) is 203 Å². The van der Waals surface area contributed by atoms with Crippen molar-refractivity contribution >= 4 is 16.8 Å². The van der Waals surface area contributed by atoms with Crippen LogP contribution in [-0.2, 0) is 12.8 Å². The van der Waals surface area contributed by atoms with E-state index in [1.54, 1.807) is 60.7 Å². The van der Waals surface area contributed by atoms with Gasteiger partial charge in [0.05, 0.1) is 47.0 Å². The molecule has 54 heavy (non-hydrogen) atoms. The Kier molecular flexibility index (Phi) is 8.66. The van der Waals surface area contributed by atoms with Crippen LogP contribution >= 0.6 is 0 Å². The molecule has 2 aliphatic rings. The van der Waals surface area contributed by atoms with Gasteiger partial charge in [0.2, 0.25) is 0 Å². The highest BCUT2D eigenvalue weighted by atomic mass is 14.9. The van der Waals surface area contributed by atoms with Gasteiger partial charge in [-0.05, 0) is 114 Å². The van der Waals surface area contributed by atoms with Crippen LogP contribution in [0.2, 0.25) is 0 Å². The monoisotopic (exact) mass is 684 g/mol. The molecule has 0 N–H and O–H groups in total. The topological polar surface area (TPSA) is 132 Å². The van der Waals surface area contributed by atoms with E-state index in [-0.39, 0.29) is 24.2 Å². The summed E-state index contributed by atoms with van der Waals surface area (Å²) in [7, 11) is 0. The maximum atomic E-state index is 10.3. The summed E-state index contributed by atoms with van der Waals surface area (Å²) in [6, 6.07) is 38.9. The fraction of sp³-hybridized carbons (Fsp3) is 0.0435. The Labute approximate surface area is 310 Å². The van der Waals surface area contributed by atoms with Crippen molar-refractivity contribution in [2.24, 2.45) is 0 Å². The smallest absolute Gasteiger partial charge is 0.238 e. The number of rotatable bonds is 4. The zero-order valence-corrected chi connectivity index (χ0v) is 28.2. The molecular weight excluding hydrogens is 665 g/mol. The van der Waals surface area contributed by atoms with Crippen molar-refractivity contribution in [3.8, 4) is 52.6 Å². The summed E-state index contributed by atoms with van der Waals surface area (Å²) < 4.78 is 0. The standard InChI is InChI=1S/C46H20N8/c1-52-35-18-16-33(17-19-35)43-39(46(53-2)54-3)21-38-42(32-14-8-29(24-49)9-15-32)44-37(41(45(38)43)31-12-6-28(23-48)7-13-31)20-36(34(25-50)26-51)40(44)30-10-4-27(22-47)5-11-30/h4-19H,20-21H2. The molecule has 5 aromatic rings. The molecule has 0 aromatic heterocycles. The van der Waals surface area contributed by atoms with Crippen LogP contribution in [0.25, 0.3) is 47.9 Å². The molecule has 8 heteroatoms. The molecule has 0 atom stereocenters. The summed E-state index contributed by atoms with van der Waals surface area (Å²) in [6.07, 6.45) is 0.360. The Morgan fingerprint density at radius 2 is 0.852 bits per heavy atom. The van der Waals surface area contributed by atoms with Crippen LogP contribution in [-0.4, -0.2) is 0 Å². The highest BCUT2D eigenvalue weighted by molar-refractivity contribution is 5.98. The van der Waals surface area contributed by atoms with E-state index in [0.717, 1.165) is 43.8 Å². The summed E-state index contributed by atoms with van der Waals surface area (Å²) in [5, 5.41) is 51.1. The first-order valence-electron chi connectivity index (χ1n) is 16.4. The van der Waals surface area contributed by atoms with Gasteiger partial charge in [-0.15, -0.1) is 0 Å². The van der Waals surface area contributed by atoms with Crippen LogP contribution < -0.4 is 10.4 Å². The fourth-order valence-electron chi connectivity index (χ4n) is 7.43. The largest absolute Gasteiger partial charge is 0.523 e. The van der Waals surface area contributed by atoms with E-state index in [1.165, 1.54) is 0 Å². The minimum absolute atomic E-state index is 0.0647. The number of hydrogen-bond acceptors (Lipinski definition) is 5. The molecule has 8 nitrogen and oxygen atoms in total. The average molecular weight is 685 g/mol. The molecule has 0 bridgehead atoms. The van der Waals surface area contributed by atoms with Gasteiger partial charge in [0, 0.05) is 6.42 Å². The van der Waals surface area contributed by atoms with Crippen LogP contribution in [0.3, 0.4) is 0 Å². The second-order valence-corrected chi connectivity index (χ2v) is 12.4. The molecule has 0 amide bonds. The maximum absolute atomic E-state index is 10.3. The molecule has 0 unspecified atom stereocenters. The number of allylic oxidation sites excluding steroid dienone is 3. The van der Waals surface area contributed by atoms with E-state index in [2.05, 4.69) is 44.9 Å². The van der Waals surface area contributed by atoms with Crippen molar-refractivity contribution in [2.75, 3.05) is 0 Å². The molecule has 2 aliphatic carbocycles. The maximum Gasteiger partial charge on any atom is 0.523 e. The summed E-state index contributed by atoms with van der Waals surface area (Å²) in [5.41, 5.74) is 9.98. The Morgan fingerprint density at radius 3 is 1.22 bits per heavy atom. The minimum Gasteiger partial charge on any atom is -0.238 e. The number of fused-ring (bicyclic) bond motifs is 2. The molecule has 5 aromatic carbocycles. The van der Waals surface area contributed by atoms with Crippen molar-refractivity contribution < 1.29 is 0 Å². The van der Waals surface area contributed by atoms with E-state index in [4.69, 9.17) is 19.7 Å². The van der Waals surface area contributed by atoms with Crippen molar-refractivity contribution in [3.63, 3.8) is 0 Å². The predicted molar refractivity (Wildman–Crippen MR) is 201 cm³/mol. The van der Waals surface area contributed by atoms with Crippen LogP contribution in [0.5, 0.6) is 0 Å². The number of nitrogens with zero attached hydrogens (tertiary/aromatic N) is 8. The number of hydrogen-bond donors (Lipinski definition) is 0. The van der Waals surface area contributed by atoms with Crippen LogP contribution in [0.15, 0.2) is 120 Å². The van der Waals surface area contributed by atoms with Gasteiger partial charge >= 0.3 is 5.82 Å². The van der Waals surface area contributed by atoms with Gasteiger partial charge in [0.1, 0.15) is 30.9 Å². The molecule has 0 aliphatic heterocycles. The zero-order chi connectivity index (χ0) is 37.9. The number of benzene rings is 5. The molecule has 0 saturated heterocycles. The Bertz CT molecular complexity index is 2770. The molecule has 0 spiro atoms. The first kappa shape index (κ1) is 33.7. The fourth-order valence-corrected chi connectivity index (χ4v) is 7.43. The third-order valence-corrected chi connectivity index (χ3v) is 9.72. The molecular formula is C46H20N8. The first-order valence-corrected chi connectivity index (χ1v) is 16.4. The Morgan fingerprint density at radius 1 is 0.481 bits per heavy atom. The van der Waals surface area contributed by atoms with Gasteiger partial charge in [-0.25, -0.2) is 4.85 Å². The van der Waals surface area contributed by atoms with Crippen LogP contribution in [0.1, 0.15) is 38.9 Å². The molecule has 244 valence electrons. The van der Waals surface area contributed by atoms with Gasteiger partial charge in [0.25, 0.3) is 0 Å². The Balaban J connectivity index is 1.83. The highest BCUT2D eigenvalue weighted by Gasteiger charge is 2.36. The second-order valence-electron chi connectivity index (χ2n) is 12.4. The highest BCUT2D eigenvalue weighted by Crippen LogP contribution is 2.42. The lowest BCUT2D eigenvalue weighted by atomic mass is 9.85. The van der Waals surface area contributed by atoms with Crippen LogP contribution in [0.4, 0.5) is 5.69 Å². The summed E-state index contributed by atoms with van der Waals surface area (Å²) >= 11 is 0. The summed E-state index contributed by atoms with van der Waals surface area (Å²) in [6.45, 7) is 23.6. The van der Waals surface area contributed by atoms with Gasteiger partial charge in [-0.1, -0.05) is 60.7 Å². The van der Waals surface area contributed by atoms with Gasteiger partial charge < -0.3 is 0 Å². The normalized spacial score (nSPS) is 12.0. The zero-order valence-electron chi connectivity index (χ0n) is 28.2.